The van der Waals surface area contributed by atoms with Crippen molar-refractivity contribution in [3.8, 4) is 11.5 Å². The molecule has 0 aliphatic rings. The summed E-state index contributed by atoms with van der Waals surface area (Å²) in [4.78, 5) is 14.0. The van der Waals surface area contributed by atoms with E-state index < -0.39 is 0 Å². The van der Waals surface area contributed by atoms with Crippen LogP contribution in [0.5, 0.6) is 11.5 Å². The van der Waals surface area contributed by atoms with E-state index in [0.717, 1.165) is 17.7 Å². The highest BCUT2D eigenvalue weighted by molar-refractivity contribution is 7.98. The van der Waals surface area contributed by atoms with Gasteiger partial charge in [-0.05, 0) is 53.9 Å². The van der Waals surface area contributed by atoms with E-state index in [1.807, 2.05) is 67.6 Å². The lowest BCUT2D eigenvalue weighted by Gasteiger charge is -2.19. The van der Waals surface area contributed by atoms with E-state index in [4.69, 9.17) is 9.47 Å². The van der Waals surface area contributed by atoms with Crippen LogP contribution in [0.25, 0.3) is 0 Å². The minimum absolute atomic E-state index is 0.0844. The number of hydrogen-bond donors (Lipinski definition) is 1. The molecule has 0 aromatic heterocycles. The van der Waals surface area contributed by atoms with Gasteiger partial charge in [0.05, 0.1) is 20.3 Å². The Morgan fingerprint density at radius 1 is 0.933 bits per heavy atom. The fourth-order valence-electron chi connectivity index (χ4n) is 3.17. The average molecular weight is 422 g/mol. The molecule has 0 heterocycles. The topological polar surface area (TPSA) is 47.6 Å². The van der Waals surface area contributed by atoms with Crippen molar-refractivity contribution in [2.75, 3.05) is 14.2 Å². The summed E-state index contributed by atoms with van der Waals surface area (Å²) in [5.41, 5.74) is 2.83. The Morgan fingerprint density at radius 2 is 1.63 bits per heavy atom. The molecule has 0 unspecified atom stereocenters. The molecule has 5 heteroatoms. The van der Waals surface area contributed by atoms with Crippen LogP contribution >= 0.6 is 11.8 Å². The first-order chi connectivity index (χ1) is 14.6. The second kappa shape index (κ2) is 10.7. The SMILES string of the molecule is CC[C@@H](NC(=O)c1ccc(CSc2ccccc2)cc1)c1ccc(OC)c(OC)c1. The van der Waals surface area contributed by atoms with Crippen LogP contribution in [0, 0.1) is 0 Å². The molecule has 30 heavy (non-hydrogen) atoms. The molecule has 156 valence electrons. The van der Waals surface area contributed by atoms with Crippen molar-refractivity contribution in [2.45, 2.75) is 30.0 Å². The van der Waals surface area contributed by atoms with Crippen LogP contribution in [0.15, 0.2) is 77.7 Å². The number of hydrogen-bond acceptors (Lipinski definition) is 4. The quantitative estimate of drug-likeness (QED) is 0.439. The molecule has 0 bridgehead atoms. The lowest BCUT2D eigenvalue weighted by molar-refractivity contribution is 0.0935. The third kappa shape index (κ3) is 5.57. The van der Waals surface area contributed by atoms with Crippen LogP contribution in [-0.2, 0) is 5.75 Å². The van der Waals surface area contributed by atoms with Gasteiger partial charge in [-0.25, -0.2) is 0 Å². The van der Waals surface area contributed by atoms with E-state index in [1.165, 1.54) is 10.5 Å². The summed E-state index contributed by atoms with van der Waals surface area (Å²) in [6.45, 7) is 2.05. The predicted molar refractivity (Wildman–Crippen MR) is 122 cm³/mol. The minimum atomic E-state index is -0.106. The molecule has 1 atom stereocenters. The van der Waals surface area contributed by atoms with Gasteiger partial charge < -0.3 is 14.8 Å². The number of methoxy groups -OCH3 is 2. The van der Waals surface area contributed by atoms with Crippen molar-refractivity contribution in [1.82, 2.24) is 5.32 Å². The highest BCUT2D eigenvalue weighted by Crippen LogP contribution is 2.31. The molecular weight excluding hydrogens is 394 g/mol. The number of rotatable bonds is 9. The van der Waals surface area contributed by atoms with Gasteiger partial charge in [0, 0.05) is 16.2 Å². The van der Waals surface area contributed by atoms with Gasteiger partial charge in [0.25, 0.3) is 5.91 Å². The molecule has 1 amide bonds. The Bertz CT molecular complexity index is 958. The lowest BCUT2D eigenvalue weighted by atomic mass is 10.0. The molecule has 0 radical (unpaired) electrons. The van der Waals surface area contributed by atoms with Crippen molar-refractivity contribution in [1.29, 1.82) is 0 Å². The summed E-state index contributed by atoms with van der Waals surface area (Å²) in [5.74, 6) is 2.11. The average Bonchev–Trinajstić information content (AvgIpc) is 2.81. The van der Waals surface area contributed by atoms with E-state index >= 15 is 0 Å². The lowest BCUT2D eigenvalue weighted by Crippen LogP contribution is -2.28. The second-order valence-corrected chi connectivity index (χ2v) is 7.90. The zero-order chi connectivity index (χ0) is 21.3. The number of carbonyl (C=O) groups is 1. The summed E-state index contributed by atoms with van der Waals surface area (Å²) in [6.07, 6.45) is 0.771. The fourth-order valence-corrected chi connectivity index (χ4v) is 4.04. The van der Waals surface area contributed by atoms with Gasteiger partial charge in [-0.1, -0.05) is 43.3 Å². The summed E-state index contributed by atoms with van der Waals surface area (Å²) >= 11 is 1.78. The van der Waals surface area contributed by atoms with Crippen LogP contribution in [0.1, 0.15) is 40.9 Å². The van der Waals surface area contributed by atoms with E-state index in [2.05, 4.69) is 17.4 Å². The predicted octanol–water partition coefficient (Wildman–Crippen LogP) is 5.88. The monoisotopic (exact) mass is 421 g/mol. The summed E-state index contributed by atoms with van der Waals surface area (Å²) < 4.78 is 10.7. The summed E-state index contributed by atoms with van der Waals surface area (Å²) in [6, 6.07) is 23.7. The maximum absolute atomic E-state index is 12.8. The van der Waals surface area contributed by atoms with Crippen molar-refractivity contribution in [2.24, 2.45) is 0 Å². The van der Waals surface area contributed by atoms with Gasteiger partial charge in [-0.3, -0.25) is 4.79 Å². The van der Waals surface area contributed by atoms with Crippen LogP contribution in [0.2, 0.25) is 0 Å². The van der Waals surface area contributed by atoms with Crippen LogP contribution in [0.3, 0.4) is 0 Å². The molecule has 0 aliphatic carbocycles. The minimum Gasteiger partial charge on any atom is -0.493 e. The highest BCUT2D eigenvalue weighted by atomic mass is 32.2. The van der Waals surface area contributed by atoms with Crippen molar-refractivity contribution in [3.63, 3.8) is 0 Å². The Balaban J connectivity index is 1.64. The maximum Gasteiger partial charge on any atom is 0.251 e. The Kier molecular flexibility index (Phi) is 7.80. The van der Waals surface area contributed by atoms with Gasteiger partial charge in [-0.2, -0.15) is 0 Å². The molecule has 0 aliphatic heterocycles. The van der Waals surface area contributed by atoms with E-state index in [-0.39, 0.29) is 11.9 Å². The highest BCUT2D eigenvalue weighted by Gasteiger charge is 2.16. The molecule has 0 spiro atoms. The smallest absolute Gasteiger partial charge is 0.251 e. The molecule has 3 aromatic carbocycles. The Morgan fingerprint density at radius 3 is 2.27 bits per heavy atom. The van der Waals surface area contributed by atoms with Gasteiger partial charge in [0.15, 0.2) is 11.5 Å². The first kappa shape index (κ1) is 21.8. The third-order valence-corrected chi connectivity index (χ3v) is 5.97. The van der Waals surface area contributed by atoms with Crippen LogP contribution < -0.4 is 14.8 Å². The van der Waals surface area contributed by atoms with Crippen molar-refractivity contribution >= 4 is 17.7 Å². The Labute approximate surface area is 182 Å². The molecule has 0 saturated carbocycles. The normalized spacial score (nSPS) is 11.6. The number of ether oxygens (including phenoxy) is 2. The van der Waals surface area contributed by atoms with E-state index in [0.29, 0.717) is 17.1 Å². The third-order valence-electron chi connectivity index (χ3n) is 4.89. The molecule has 4 nitrogen and oxygen atoms in total. The second-order valence-electron chi connectivity index (χ2n) is 6.85. The summed E-state index contributed by atoms with van der Waals surface area (Å²) in [5, 5.41) is 3.12. The number of benzene rings is 3. The molecule has 3 aromatic rings. The fraction of sp³-hybridized carbons (Fsp3) is 0.240. The number of carbonyl (C=O) groups excluding carboxylic acids is 1. The number of amides is 1. The van der Waals surface area contributed by atoms with Gasteiger partial charge in [0.2, 0.25) is 0 Å². The van der Waals surface area contributed by atoms with Gasteiger partial charge in [0.1, 0.15) is 0 Å². The standard InChI is InChI=1S/C25H27NO3S/c1-4-22(20-14-15-23(28-2)24(16-20)29-3)26-25(27)19-12-10-18(11-13-19)17-30-21-8-6-5-7-9-21/h5-16,22H,4,17H2,1-3H3,(H,26,27)/t22-/m1/s1. The molecule has 1 N–H and O–H groups in total. The molecule has 0 fully saturated rings. The molecular formula is C25H27NO3S. The zero-order valence-corrected chi connectivity index (χ0v) is 18.4. The van der Waals surface area contributed by atoms with Crippen LogP contribution in [-0.4, -0.2) is 20.1 Å². The van der Waals surface area contributed by atoms with Crippen molar-refractivity contribution < 1.29 is 14.3 Å². The van der Waals surface area contributed by atoms with E-state index in [9.17, 15) is 4.79 Å². The first-order valence-corrected chi connectivity index (χ1v) is 10.9. The molecule has 3 rings (SSSR count). The first-order valence-electron chi connectivity index (χ1n) is 9.94. The van der Waals surface area contributed by atoms with Crippen molar-refractivity contribution in [3.05, 3.63) is 89.5 Å². The largest absolute Gasteiger partial charge is 0.493 e. The zero-order valence-electron chi connectivity index (χ0n) is 17.6. The maximum atomic E-state index is 12.8. The van der Waals surface area contributed by atoms with Gasteiger partial charge in [-0.15, -0.1) is 11.8 Å². The number of nitrogens with one attached hydrogen (secondary N) is 1. The number of thioether (sulfide) groups is 1. The van der Waals surface area contributed by atoms with Gasteiger partial charge >= 0.3 is 0 Å². The van der Waals surface area contributed by atoms with E-state index in [1.54, 1.807) is 26.0 Å². The Hall–Kier alpha value is -2.92. The summed E-state index contributed by atoms with van der Waals surface area (Å²) in [7, 11) is 3.22. The molecule has 0 saturated heterocycles. The van der Waals surface area contributed by atoms with Crippen LogP contribution in [0.4, 0.5) is 0 Å².